The summed E-state index contributed by atoms with van der Waals surface area (Å²) in [6, 6.07) is 7.88. The van der Waals surface area contributed by atoms with Crippen LogP contribution >= 0.6 is 0 Å². The molecule has 1 aliphatic carbocycles. The maximum Gasteiger partial charge on any atom is 0.323 e. The molecule has 1 atom stereocenters. The Morgan fingerprint density at radius 3 is 2.60 bits per heavy atom. The molecular formula is C15H18N2O3. The summed E-state index contributed by atoms with van der Waals surface area (Å²) in [7, 11) is 0. The Kier molecular flexibility index (Phi) is 3.44. The molecule has 2 aliphatic rings. The summed E-state index contributed by atoms with van der Waals surface area (Å²) in [5.74, 6) is -1.02. The third-order valence-corrected chi connectivity index (χ3v) is 3.96. The predicted molar refractivity (Wildman–Crippen MR) is 73.1 cm³/mol. The molecule has 1 aliphatic heterocycles. The van der Waals surface area contributed by atoms with Crippen molar-refractivity contribution in [2.45, 2.75) is 37.9 Å². The van der Waals surface area contributed by atoms with Crippen LogP contribution in [0.1, 0.15) is 24.0 Å². The van der Waals surface area contributed by atoms with Crippen LogP contribution in [-0.4, -0.2) is 40.5 Å². The van der Waals surface area contributed by atoms with Crippen LogP contribution in [0.25, 0.3) is 0 Å². The molecule has 0 bridgehead atoms. The topological polar surface area (TPSA) is 69.6 Å². The number of carbonyl (C=O) groups is 2. The number of fused-ring (bicyclic) bond motifs is 1. The summed E-state index contributed by atoms with van der Waals surface area (Å²) in [6.07, 6.45) is 2.47. The Morgan fingerprint density at radius 1 is 1.25 bits per heavy atom. The van der Waals surface area contributed by atoms with Gasteiger partial charge < -0.3 is 15.3 Å². The Balaban J connectivity index is 1.72. The first-order valence-electron chi connectivity index (χ1n) is 6.97. The van der Waals surface area contributed by atoms with E-state index in [-0.39, 0.29) is 24.5 Å². The molecule has 0 spiro atoms. The molecule has 1 aromatic rings. The smallest absolute Gasteiger partial charge is 0.323 e. The van der Waals surface area contributed by atoms with E-state index in [9.17, 15) is 9.59 Å². The van der Waals surface area contributed by atoms with Gasteiger partial charge in [-0.05, 0) is 30.4 Å². The SMILES string of the molecule is O=C(O)CN(C(=O)C1Cc2ccccc2CN1)C1CC1. The number of benzene rings is 1. The summed E-state index contributed by atoms with van der Waals surface area (Å²) < 4.78 is 0. The van der Waals surface area contributed by atoms with Crippen LogP contribution in [0, 0.1) is 0 Å². The molecule has 1 aromatic carbocycles. The molecule has 0 saturated heterocycles. The fraction of sp³-hybridized carbons (Fsp3) is 0.467. The van der Waals surface area contributed by atoms with Gasteiger partial charge in [0.05, 0.1) is 6.04 Å². The van der Waals surface area contributed by atoms with Gasteiger partial charge in [-0.15, -0.1) is 0 Å². The maximum absolute atomic E-state index is 12.5. The van der Waals surface area contributed by atoms with Gasteiger partial charge in [-0.3, -0.25) is 9.59 Å². The van der Waals surface area contributed by atoms with Crippen molar-refractivity contribution in [3.63, 3.8) is 0 Å². The highest BCUT2D eigenvalue weighted by atomic mass is 16.4. The molecule has 0 radical (unpaired) electrons. The molecule has 5 heteroatoms. The fourth-order valence-corrected chi connectivity index (χ4v) is 2.75. The van der Waals surface area contributed by atoms with Gasteiger partial charge in [0.2, 0.25) is 5.91 Å². The number of hydrogen-bond acceptors (Lipinski definition) is 3. The van der Waals surface area contributed by atoms with Crippen LogP contribution in [0.3, 0.4) is 0 Å². The first-order chi connectivity index (χ1) is 9.65. The zero-order chi connectivity index (χ0) is 14.1. The van der Waals surface area contributed by atoms with E-state index in [0.29, 0.717) is 13.0 Å². The number of rotatable bonds is 4. The number of hydrogen-bond donors (Lipinski definition) is 2. The van der Waals surface area contributed by atoms with Crippen molar-refractivity contribution in [1.82, 2.24) is 10.2 Å². The number of carboxylic acid groups (broad SMARTS) is 1. The van der Waals surface area contributed by atoms with Crippen LogP contribution in [0.4, 0.5) is 0 Å². The van der Waals surface area contributed by atoms with Gasteiger partial charge in [0.15, 0.2) is 0 Å². The number of nitrogens with zero attached hydrogens (tertiary/aromatic N) is 1. The minimum Gasteiger partial charge on any atom is -0.480 e. The number of carbonyl (C=O) groups excluding carboxylic acids is 1. The van der Waals surface area contributed by atoms with E-state index in [0.717, 1.165) is 12.8 Å². The minimum absolute atomic E-state index is 0.0793. The first kappa shape index (κ1) is 13.1. The van der Waals surface area contributed by atoms with Crippen LogP contribution < -0.4 is 5.32 Å². The first-order valence-corrected chi connectivity index (χ1v) is 6.97. The Labute approximate surface area is 117 Å². The number of aliphatic carboxylic acids is 1. The Hall–Kier alpha value is -1.88. The standard InChI is InChI=1S/C15H18N2O3/c18-14(19)9-17(12-5-6-12)15(20)13-7-10-3-1-2-4-11(10)8-16-13/h1-4,12-13,16H,5-9H2,(H,18,19). The number of carboxylic acids is 1. The quantitative estimate of drug-likeness (QED) is 0.851. The van der Waals surface area contributed by atoms with Crippen molar-refractivity contribution in [2.75, 3.05) is 6.54 Å². The highest BCUT2D eigenvalue weighted by Crippen LogP contribution is 2.28. The number of nitrogens with one attached hydrogen (secondary N) is 1. The molecule has 5 nitrogen and oxygen atoms in total. The molecule has 1 unspecified atom stereocenters. The van der Waals surface area contributed by atoms with Crippen molar-refractivity contribution in [3.8, 4) is 0 Å². The molecule has 106 valence electrons. The second-order valence-electron chi connectivity index (χ2n) is 5.50. The highest BCUT2D eigenvalue weighted by molar-refractivity contribution is 5.86. The average molecular weight is 274 g/mol. The predicted octanol–water partition coefficient (Wildman–Crippen LogP) is 0.776. The monoisotopic (exact) mass is 274 g/mol. The Morgan fingerprint density at radius 2 is 1.95 bits per heavy atom. The third kappa shape index (κ3) is 2.67. The molecule has 2 N–H and O–H groups in total. The van der Waals surface area contributed by atoms with E-state index in [4.69, 9.17) is 5.11 Å². The van der Waals surface area contributed by atoms with E-state index in [1.165, 1.54) is 16.0 Å². The summed E-state index contributed by atoms with van der Waals surface area (Å²) in [5, 5.41) is 12.2. The van der Waals surface area contributed by atoms with Gasteiger partial charge in [0.25, 0.3) is 0 Å². The van der Waals surface area contributed by atoms with E-state index in [2.05, 4.69) is 11.4 Å². The largest absolute Gasteiger partial charge is 0.480 e. The molecular weight excluding hydrogens is 256 g/mol. The molecule has 20 heavy (non-hydrogen) atoms. The van der Waals surface area contributed by atoms with E-state index < -0.39 is 5.97 Å². The minimum atomic E-state index is -0.943. The summed E-state index contributed by atoms with van der Waals surface area (Å²) >= 11 is 0. The van der Waals surface area contributed by atoms with Crippen molar-refractivity contribution >= 4 is 11.9 Å². The maximum atomic E-state index is 12.5. The van der Waals surface area contributed by atoms with Gasteiger partial charge in [-0.25, -0.2) is 0 Å². The molecule has 3 rings (SSSR count). The third-order valence-electron chi connectivity index (χ3n) is 3.96. The van der Waals surface area contributed by atoms with E-state index in [1.54, 1.807) is 0 Å². The zero-order valence-electron chi connectivity index (χ0n) is 11.2. The lowest BCUT2D eigenvalue weighted by Gasteiger charge is -2.30. The van der Waals surface area contributed by atoms with Crippen molar-refractivity contribution in [2.24, 2.45) is 0 Å². The summed E-state index contributed by atoms with van der Waals surface area (Å²) in [4.78, 5) is 25.0. The second-order valence-corrected chi connectivity index (χ2v) is 5.50. The molecule has 1 saturated carbocycles. The lowest BCUT2D eigenvalue weighted by atomic mass is 9.95. The van der Waals surface area contributed by atoms with Crippen molar-refractivity contribution in [3.05, 3.63) is 35.4 Å². The van der Waals surface area contributed by atoms with Gasteiger partial charge in [-0.1, -0.05) is 24.3 Å². The zero-order valence-corrected chi connectivity index (χ0v) is 11.2. The average Bonchev–Trinajstić information content (AvgIpc) is 3.28. The normalized spacial score (nSPS) is 21.1. The lowest BCUT2D eigenvalue weighted by Crippen LogP contribution is -2.51. The van der Waals surface area contributed by atoms with E-state index >= 15 is 0 Å². The molecule has 0 aromatic heterocycles. The second kappa shape index (κ2) is 5.25. The molecule has 1 amide bonds. The van der Waals surface area contributed by atoms with Gasteiger partial charge in [-0.2, -0.15) is 0 Å². The summed E-state index contributed by atoms with van der Waals surface area (Å²) in [6.45, 7) is 0.474. The summed E-state index contributed by atoms with van der Waals surface area (Å²) in [5.41, 5.74) is 2.39. The van der Waals surface area contributed by atoms with Crippen LogP contribution in [0.2, 0.25) is 0 Å². The Bertz CT molecular complexity index is 540. The van der Waals surface area contributed by atoms with Gasteiger partial charge >= 0.3 is 5.97 Å². The van der Waals surface area contributed by atoms with Crippen LogP contribution in [0.5, 0.6) is 0 Å². The van der Waals surface area contributed by atoms with Crippen LogP contribution in [0.15, 0.2) is 24.3 Å². The van der Waals surface area contributed by atoms with E-state index in [1.807, 2.05) is 18.2 Å². The lowest BCUT2D eigenvalue weighted by molar-refractivity contribution is -0.145. The fourth-order valence-electron chi connectivity index (χ4n) is 2.75. The van der Waals surface area contributed by atoms with Gasteiger partial charge in [0.1, 0.15) is 6.54 Å². The van der Waals surface area contributed by atoms with Gasteiger partial charge in [0, 0.05) is 12.6 Å². The van der Waals surface area contributed by atoms with Crippen molar-refractivity contribution < 1.29 is 14.7 Å². The number of amides is 1. The molecule has 1 fully saturated rings. The van der Waals surface area contributed by atoms with Crippen molar-refractivity contribution in [1.29, 1.82) is 0 Å². The van der Waals surface area contributed by atoms with Crippen LogP contribution in [-0.2, 0) is 22.6 Å². The molecule has 1 heterocycles. The highest BCUT2D eigenvalue weighted by Gasteiger charge is 2.37.